The second kappa shape index (κ2) is 9.66. The lowest BCUT2D eigenvalue weighted by Crippen LogP contribution is -2.41. The second-order valence-corrected chi connectivity index (χ2v) is 8.27. The molecule has 1 aromatic heterocycles. The first-order valence-electron chi connectivity index (χ1n) is 10.5. The van der Waals surface area contributed by atoms with Gasteiger partial charge in [0.15, 0.2) is 0 Å². The minimum atomic E-state index is 0.0263. The summed E-state index contributed by atoms with van der Waals surface area (Å²) in [4.78, 5) is 15.4. The highest BCUT2D eigenvalue weighted by Gasteiger charge is 2.25. The number of aromatic nitrogens is 1. The second-order valence-electron chi connectivity index (χ2n) is 8.27. The van der Waals surface area contributed by atoms with Gasteiger partial charge < -0.3 is 14.2 Å². The summed E-state index contributed by atoms with van der Waals surface area (Å²) >= 11 is 0. The van der Waals surface area contributed by atoms with E-state index < -0.39 is 0 Å². The Morgan fingerprint density at radius 1 is 1.03 bits per heavy atom. The molecule has 4 nitrogen and oxygen atoms in total. The highest BCUT2D eigenvalue weighted by molar-refractivity contribution is 5.94. The van der Waals surface area contributed by atoms with Crippen LogP contribution in [0.5, 0.6) is 5.75 Å². The number of hydrogen-bond donors (Lipinski definition) is 0. The highest BCUT2D eigenvalue weighted by atomic mass is 16.5. The van der Waals surface area contributed by atoms with Crippen LogP contribution in [0, 0.1) is 12.8 Å². The first-order chi connectivity index (χ1) is 14.4. The summed E-state index contributed by atoms with van der Waals surface area (Å²) in [5, 5.41) is 0. The van der Waals surface area contributed by atoms with Crippen molar-refractivity contribution in [3.05, 3.63) is 89.2 Å². The lowest BCUT2D eigenvalue weighted by Gasteiger charge is -2.32. The lowest BCUT2D eigenvalue weighted by molar-refractivity contribution is 0.0622. The van der Waals surface area contributed by atoms with E-state index in [-0.39, 0.29) is 11.9 Å². The number of nitrogens with zero attached hydrogens (tertiary/aromatic N) is 2. The Hall–Kier alpha value is -3.01. The topological polar surface area (TPSA) is 34.5 Å². The third kappa shape index (κ3) is 5.12. The van der Waals surface area contributed by atoms with Gasteiger partial charge in [0, 0.05) is 30.0 Å². The van der Waals surface area contributed by atoms with E-state index in [1.54, 1.807) is 7.11 Å². The van der Waals surface area contributed by atoms with Crippen LogP contribution in [0.4, 0.5) is 0 Å². The van der Waals surface area contributed by atoms with Crippen LogP contribution in [-0.2, 0) is 13.1 Å². The molecule has 30 heavy (non-hydrogen) atoms. The van der Waals surface area contributed by atoms with Crippen molar-refractivity contribution < 1.29 is 9.53 Å². The molecule has 0 bridgehead atoms. The van der Waals surface area contributed by atoms with Crippen molar-refractivity contribution in [3.8, 4) is 5.75 Å². The van der Waals surface area contributed by atoms with Gasteiger partial charge in [0.05, 0.1) is 13.7 Å². The summed E-state index contributed by atoms with van der Waals surface area (Å²) in [6.45, 7) is 9.90. The van der Waals surface area contributed by atoms with Crippen molar-refractivity contribution in [2.75, 3.05) is 7.11 Å². The number of amides is 1. The van der Waals surface area contributed by atoms with Gasteiger partial charge in [0.25, 0.3) is 5.91 Å². The predicted molar refractivity (Wildman–Crippen MR) is 122 cm³/mol. The molecule has 0 aliphatic heterocycles. The molecule has 1 atom stereocenters. The Bertz CT molecular complexity index is 990. The molecule has 158 valence electrons. The normalized spacial score (nSPS) is 12.1. The number of carbonyl (C=O) groups is 1. The van der Waals surface area contributed by atoms with E-state index in [4.69, 9.17) is 4.74 Å². The van der Waals surface area contributed by atoms with Crippen molar-refractivity contribution in [1.29, 1.82) is 0 Å². The van der Waals surface area contributed by atoms with Gasteiger partial charge in [0.2, 0.25) is 0 Å². The summed E-state index contributed by atoms with van der Waals surface area (Å²) in [5.41, 5.74) is 4.29. The zero-order valence-electron chi connectivity index (χ0n) is 18.6. The SMILES string of the molecule is COc1cccc(C(=O)N(Cc2cccn2Cc2cccc(C)c2)[C@H](C)C(C)C)c1. The Morgan fingerprint density at radius 3 is 2.50 bits per heavy atom. The van der Waals surface area contributed by atoms with Crippen LogP contribution < -0.4 is 4.74 Å². The summed E-state index contributed by atoms with van der Waals surface area (Å²) in [5.74, 6) is 1.07. The number of ether oxygens (including phenoxy) is 1. The molecule has 4 heteroatoms. The highest BCUT2D eigenvalue weighted by Crippen LogP contribution is 2.21. The number of hydrogen-bond acceptors (Lipinski definition) is 2. The van der Waals surface area contributed by atoms with Gasteiger partial charge in [-0.05, 0) is 55.7 Å². The van der Waals surface area contributed by atoms with Crippen LogP contribution in [0.2, 0.25) is 0 Å². The van der Waals surface area contributed by atoms with E-state index in [1.807, 2.05) is 29.2 Å². The molecule has 0 fully saturated rings. The molecule has 0 radical (unpaired) electrons. The van der Waals surface area contributed by atoms with Crippen molar-refractivity contribution >= 4 is 5.91 Å². The van der Waals surface area contributed by atoms with Gasteiger partial charge in [0.1, 0.15) is 5.75 Å². The summed E-state index contributed by atoms with van der Waals surface area (Å²) in [7, 11) is 1.62. The van der Waals surface area contributed by atoms with Crippen LogP contribution in [0.15, 0.2) is 66.9 Å². The van der Waals surface area contributed by atoms with Gasteiger partial charge in [-0.3, -0.25) is 4.79 Å². The summed E-state index contributed by atoms with van der Waals surface area (Å²) in [6, 6.07) is 20.2. The third-order valence-corrected chi connectivity index (χ3v) is 5.73. The minimum absolute atomic E-state index is 0.0263. The zero-order chi connectivity index (χ0) is 21.7. The Balaban J connectivity index is 1.87. The average Bonchev–Trinajstić information content (AvgIpc) is 3.17. The maximum Gasteiger partial charge on any atom is 0.254 e. The summed E-state index contributed by atoms with van der Waals surface area (Å²) < 4.78 is 7.55. The van der Waals surface area contributed by atoms with Crippen LogP contribution in [0.3, 0.4) is 0 Å². The van der Waals surface area contributed by atoms with Gasteiger partial charge in [-0.2, -0.15) is 0 Å². The van der Waals surface area contributed by atoms with E-state index in [0.29, 0.717) is 23.8 Å². The molecule has 0 unspecified atom stereocenters. The average molecular weight is 405 g/mol. The number of rotatable bonds is 8. The molecule has 0 saturated heterocycles. The van der Waals surface area contributed by atoms with Gasteiger partial charge >= 0.3 is 0 Å². The van der Waals surface area contributed by atoms with Crippen molar-refractivity contribution in [3.63, 3.8) is 0 Å². The van der Waals surface area contributed by atoms with Crippen LogP contribution in [0.1, 0.15) is 48.0 Å². The number of aryl methyl sites for hydroxylation is 1. The molecule has 2 aromatic carbocycles. The van der Waals surface area contributed by atoms with Crippen LogP contribution in [0.25, 0.3) is 0 Å². The van der Waals surface area contributed by atoms with Crippen molar-refractivity contribution in [1.82, 2.24) is 9.47 Å². The molecular weight excluding hydrogens is 372 g/mol. The van der Waals surface area contributed by atoms with E-state index in [9.17, 15) is 4.79 Å². The minimum Gasteiger partial charge on any atom is -0.497 e. The van der Waals surface area contributed by atoms with Gasteiger partial charge in [-0.25, -0.2) is 0 Å². The fourth-order valence-electron chi connectivity index (χ4n) is 3.61. The molecule has 1 heterocycles. The molecule has 0 spiro atoms. The third-order valence-electron chi connectivity index (χ3n) is 5.73. The zero-order valence-corrected chi connectivity index (χ0v) is 18.6. The van der Waals surface area contributed by atoms with E-state index in [0.717, 1.165) is 12.2 Å². The monoisotopic (exact) mass is 404 g/mol. The largest absolute Gasteiger partial charge is 0.497 e. The Kier molecular flexibility index (Phi) is 6.99. The smallest absolute Gasteiger partial charge is 0.254 e. The van der Waals surface area contributed by atoms with Crippen LogP contribution >= 0.6 is 0 Å². The van der Waals surface area contributed by atoms with Gasteiger partial charge in [-0.1, -0.05) is 49.7 Å². The maximum absolute atomic E-state index is 13.5. The van der Waals surface area contributed by atoms with Gasteiger partial charge in [-0.15, -0.1) is 0 Å². The predicted octanol–water partition coefficient (Wildman–Crippen LogP) is 5.54. The number of carbonyl (C=O) groups excluding carboxylic acids is 1. The van der Waals surface area contributed by atoms with E-state index >= 15 is 0 Å². The quantitative estimate of drug-likeness (QED) is 0.494. The fraction of sp³-hybridized carbons (Fsp3) is 0.346. The van der Waals surface area contributed by atoms with Crippen molar-refractivity contribution in [2.45, 2.75) is 46.8 Å². The molecule has 0 aliphatic carbocycles. The molecule has 3 rings (SSSR count). The van der Waals surface area contributed by atoms with E-state index in [1.165, 1.54) is 11.1 Å². The molecule has 0 saturated carbocycles. The molecule has 3 aromatic rings. The molecule has 0 N–H and O–H groups in total. The lowest BCUT2D eigenvalue weighted by atomic mass is 10.0. The fourth-order valence-corrected chi connectivity index (χ4v) is 3.61. The Labute approximate surface area is 180 Å². The molecular formula is C26H32N2O2. The molecule has 1 amide bonds. The maximum atomic E-state index is 13.5. The van der Waals surface area contributed by atoms with E-state index in [2.05, 4.69) is 74.9 Å². The number of benzene rings is 2. The first kappa shape index (κ1) is 21.7. The number of methoxy groups -OCH3 is 1. The van der Waals surface area contributed by atoms with Crippen molar-refractivity contribution in [2.24, 2.45) is 5.92 Å². The Morgan fingerprint density at radius 2 is 1.80 bits per heavy atom. The first-order valence-corrected chi connectivity index (χ1v) is 10.5. The summed E-state index contributed by atoms with van der Waals surface area (Å²) in [6.07, 6.45) is 2.09. The molecule has 0 aliphatic rings. The van der Waals surface area contributed by atoms with Crippen LogP contribution in [-0.4, -0.2) is 28.5 Å². The standard InChI is InChI=1S/C26H32N2O2/c1-19(2)21(4)28(26(29)23-11-7-13-25(16-23)30-5)18-24-12-8-14-27(24)17-22-10-6-9-20(3)15-22/h6-16,19,21H,17-18H2,1-5H3/t21-/m1/s1.